The largest absolute Gasteiger partial charge is 0.489 e. The van der Waals surface area contributed by atoms with Gasteiger partial charge in [-0.3, -0.25) is 4.79 Å². The van der Waals surface area contributed by atoms with Gasteiger partial charge in [-0.05, 0) is 66.2 Å². The van der Waals surface area contributed by atoms with E-state index in [9.17, 15) is 18.0 Å². The van der Waals surface area contributed by atoms with Gasteiger partial charge in [0.1, 0.15) is 12.4 Å². The second-order valence-electron chi connectivity index (χ2n) is 8.49. The van der Waals surface area contributed by atoms with Gasteiger partial charge in [-0.25, -0.2) is 4.98 Å². The van der Waals surface area contributed by atoms with Gasteiger partial charge in [-0.1, -0.05) is 62.2 Å². The minimum atomic E-state index is -4.54. The molecule has 39 heavy (non-hydrogen) atoms. The van der Waals surface area contributed by atoms with E-state index in [1.54, 1.807) is 48.5 Å². The van der Waals surface area contributed by atoms with Crippen LogP contribution < -0.4 is 10.3 Å². The van der Waals surface area contributed by atoms with E-state index in [2.05, 4.69) is 41.9 Å². The Kier molecular flexibility index (Phi) is 7.67. The molecule has 0 aliphatic heterocycles. The summed E-state index contributed by atoms with van der Waals surface area (Å²) in [7, 11) is 0. The number of alkyl halides is 3. The van der Waals surface area contributed by atoms with Crippen LogP contribution in [0.5, 0.6) is 5.75 Å². The van der Waals surface area contributed by atoms with Crippen LogP contribution in [0.2, 0.25) is 0 Å². The van der Waals surface area contributed by atoms with Gasteiger partial charge in [0.15, 0.2) is 5.82 Å². The standard InChI is InChI=1S/C29H18Br2F3N3O2/c30-22-11-10-20(25(31)15-22)17-39-23-12-8-18(9-13-23)16-35-37-27(19-4-3-5-21(14-19)29(32,33)34)36-26-7-2-1-6-24(26)28(37)38/h1-16H,17H2. The van der Waals surface area contributed by atoms with Gasteiger partial charge in [-0.2, -0.15) is 22.9 Å². The summed E-state index contributed by atoms with van der Waals surface area (Å²) < 4.78 is 48.9. The zero-order valence-electron chi connectivity index (χ0n) is 20.0. The molecule has 1 aromatic heterocycles. The maximum atomic E-state index is 13.4. The highest BCUT2D eigenvalue weighted by molar-refractivity contribution is 9.11. The third-order valence-corrected chi connectivity index (χ3v) is 7.05. The first-order chi connectivity index (χ1) is 18.7. The zero-order chi connectivity index (χ0) is 27.6. The van der Waals surface area contributed by atoms with Gasteiger partial charge in [0.05, 0.1) is 22.7 Å². The van der Waals surface area contributed by atoms with Crippen molar-refractivity contribution < 1.29 is 17.9 Å². The average molecular weight is 657 g/mol. The Morgan fingerprint density at radius 2 is 1.69 bits per heavy atom. The SMILES string of the molecule is O=c1c2ccccc2nc(-c2cccc(C(F)(F)F)c2)n1N=Cc1ccc(OCc2ccc(Br)cc2Br)cc1. The summed E-state index contributed by atoms with van der Waals surface area (Å²) in [5.41, 5.74) is 0.775. The second kappa shape index (κ2) is 11.2. The molecule has 0 unspecified atom stereocenters. The Hall–Kier alpha value is -3.76. The highest BCUT2D eigenvalue weighted by Gasteiger charge is 2.31. The lowest BCUT2D eigenvalue weighted by Gasteiger charge is -2.12. The molecule has 0 saturated carbocycles. The molecular weight excluding hydrogens is 639 g/mol. The van der Waals surface area contributed by atoms with E-state index < -0.39 is 17.3 Å². The normalized spacial score (nSPS) is 11.8. The van der Waals surface area contributed by atoms with Crippen molar-refractivity contribution in [1.29, 1.82) is 0 Å². The van der Waals surface area contributed by atoms with Crippen LogP contribution in [-0.4, -0.2) is 15.9 Å². The van der Waals surface area contributed by atoms with Crippen LogP contribution in [0.15, 0.2) is 110 Å². The first-order valence-electron chi connectivity index (χ1n) is 11.6. The molecule has 5 aromatic rings. The highest BCUT2D eigenvalue weighted by atomic mass is 79.9. The number of para-hydroxylation sites is 1. The quantitative estimate of drug-likeness (QED) is 0.174. The smallest absolute Gasteiger partial charge is 0.416 e. The van der Waals surface area contributed by atoms with E-state index in [1.807, 2.05) is 18.2 Å². The summed E-state index contributed by atoms with van der Waals surface area (Å²) in [4.78, 5) is 17.8. The van der Waals surface area contributed by atoms with Crippen LogP contribution in [0.1, 0.15) is 16.7 Å². The molecule has 0 radical (unpaired) electrons. The third kappa shape index (κ3) is 6.12. The van der Waals surface area contributed by atoms with E-state index in [0.717, 1.165) is 31.3 Å². The molecular formula is C29H18Br2F3N3O2. The fraction of sp³-hybridized carbons (Fsp3) is 0.0690. The van der Waals surface area contributed by atoms with Crippen LogP contribution in [0.3, 0.4) is 0 Å². The number of hydrogen-bond donors (Lipinski definition) is 0. The van der Waals surface area contributed by atoms with Gasteiger partial charge >= 0.3 is 6.18 Å². The molecule has 0 fully saturated rings. The predicted octanol–water partition coefficient (Wildman–Crippen LogP) is 8.07. The number of fused-ring (bicyclic) bond motifs is 1. The fourth-order valence-corrected chi connectivity index (χ4v) is 4.99. The number of ether oxygens (including phenoxy) is 1. The molecule has 0 amide bonds. The van der Waals surface area contributed by atoms with Crippen molar-refractivity contribution in [2.45, 2.75) is 12.8 Å². The molecule has 5 rings (SSSR count). The second-order valence-corrected chi connectivity index (χ2v) is 10.3. The van der Waals surface area contributed by atoms with Gasteiger partial charge in [0.25, 0.3) is 5.56 Å². The molecule has 5 nitrogen and oxygen atoms in total. The van der Waals surface area contributed by atoms with Crippen molar-refractivity contribution in [3.05, 3.63) is 127 Å². The van der Waals surface area contributed by atoms with Crippen LogP contribution in [0.4, 0.5) is 13.2 Å². The van der Waals surface area contributed by atoms with Crippen LogP contribution in [0, 0.1) is 0 Å². The van der Waals surface area contributed by atoms with E-state index in [1.165, 1.54) is 18.3 Å². The van der Waals surface area contributed by atoms with Crippen LogP contribution >= 0.6 is 31.9 Å². The van der Waals surface area contributed by atoms with E-state index in [0.29, 0.717) is 28.8 Å². The summed E-state index contributed by atoms with van der Waals surface area (Å²) in [6.07, 6.45) is -3.09. The van der Waals surface area contributed by atoms with Crippen molar-refractivity contribution in [3.8, 4) is 17.1 Å². The average Bonchev–Trinajstić information content (AvgIpc) is 2.92. The van der Waals surface area contributed by atoms with Crippen LogP contribution in [-0.2, 0) is 12.8 Å². The number of halogens is 5. The van der Waals surface area contributed by atoms with Crippen molar-refractivity contribution in [1.82, 2.24) is 9.66 Å². The molecule has 0 saturated heterocycles. The maximum absolute atomic E-state index is 13.4. The fourth-order valence-electron chi connectivity index (χ4n) is 3.83. The number of hydrogen-bond acceptors (Lipinski definition) is 4. The van der Waals surface area contributed by atoms with Gasteiger partial charge in [0.2, 0.25) is 0 Å². The molecule has 1 heterocycles. The summed E-state index contributed by atoms with van der Waals surface area (Å²) >= 11 is 6.94. The molecule has 0 aliphatic carbocycles. The lowest BCUT2D eigenvalue weighted by atomic mass is 10.1. The first-order valence-corrected chi connectivity index (χ1v) is 13.2. The molecule has 0 bridgehead atoms. The number of rotatable bonds is 6. The number of benzene rings is 4. The summed E-state index contributed by atoms with van der Waals surface area (Å²) in [5, 5.41) is 4.62. The molecule has 196 valence electrons. The van der Waals surface area contributed by atoms with Crippen molar-refractivity contribution >= 4 is 49.0 Å². The third-order valence-electron chi connectivity index (χ3n) is 5.81. The van der Waals surface area contributed by atoms with Crippen molar-refractivity contribution in [2.24, 2.45) is 5.10 Å². The molecule has 0 atom stereocenters. The lowest BCUT2D eigenvalue weighted by molar-refractivity contribution is -0.137. The Morgan fingerprint density at radius 3 is 2.44 bits per heavy atom. The predicted molar refractivity (Wildman–Crippen MR) is 152 cm³/mol. The minimum Gasteiger partial charge on any atom is -0.489 e. The Morgan fingerprint density at radius 1 is 0.923 bits per heavy atom. The first kappa shape index (κ1) is 26.8. The van der Waals surface area contributed by atoms with Gasteiger partial charge < -0.3 is 4.74 Å². The Labute approximate surface area is 237 Å². The molecule has 4 aromatic carbocycles. The molecule has 10 heteroatoms. The zero-order valence-corrected chi connectivity index (χ0v) is 23.2. The summed E-state index contributed by atoms with van der Waals surface area (Å²) in [6.45, 7) is 0.361. The van der Waals surface area contributed by atoms with Gasteiger partial charge in [0, 0.05) is 20.1 Å². The van der Waals surface area contributed by atoms with E-state index in [-0.39, 0.29) is 11.4 Å². The minimum absolute atomic E-state index is 0.000998. The van der Waals surface area contributed by atoms with Crippen LogP contribution in [0.25, 0.3) is 22.3 Å². The number of nitrogens with zero attached hydrogens (tertiary/aromatic N) is 3. The molecule has 0 aliphatic rings. The van der Waals surface area contributed by atoms with Crippen molar-refractivity contribution in [2.75, 3.05) is 0 Å². The monoisotopic (exact) mass is 655 g/mol. The maximum Gasteiger partial charge on any atom is 0.416 e. The van der Waals surface area contributed by atoms with E-state index >= 15 is 0 Å². The summed E-state index contributed by atoms with van der Waals surface area (Å²) in [5.74, 6) is 0.636. The highest BCUT2D eigenvalue weighted by Crippen LogP contribution is 2.32. The Balaban J connectivity index is 1.46. The topological polar surface area (TPSA) is 56.5 Å². The van der Waals surface area contributed by atoms with Gasteiger partial charge in [-0.15, -0.1) is 0 Å². The van der Waals surface area contributed by atoms with Crippen molar-refractivity contribution in [3.63, 3.8) is 0 Å². The summed E-state index contributed by atoms with van der Waals surface area (Å²) in [6, 6.07) is 24.2. The Bertz CT molecular complexity index is 1750. The number of aromatic nitrogens is 2. The lowest BCUT2D eigenvalue weighted by Crippen LogP contribution is -2.20. The molecule has 0 spiro atoms. The van der Waals surface area contributed by atoms with E-state index in [4.69, 9.17) is 4.74 Å². The molecule has 0 N–H and O–H groups in total.